The molecule has 1 fully saturated rings. The van der Waals surface area contributed by atoms with E-state index >= 15 is 0 Å². The van der Waals surface area contributed by atoms with Crippen LogP contribution in [0.25, 0.3) is 0 Å². The number of fused-ring (bicyclic) bond motifs is 1. The van der Waals surface area contributed by atoms with Crippen molar-refractivity contribution in [2.24, 2.45) is 11.3 Å². The quantitative estimate of drug-likeness (QED) is 0.882. The Labute approximate surface area is 122 Å². The second-order valence-corrected chi connectivity index (χ2v) is 7.40. The van der Waals surface area contributed by atoms with Crippen molar-refractivity contribution in [2.45, 2.75) is 65.3 Å². The molecule has 0 radical (unpaired) electrons. The first-order valence-corrected chi connectivity index (χ1v) is 7.96. The highest BCUT2D eigenvalue weighted by molar-refractivity contribution is 5.32. The summed E-state index contributed by atoms with van der Waals surface area (Å²) in [6, 6.07) is 8.82. The Hall–Kier alpha value is -0.860. The summed E-state index contributed by atoms with van der Waals surface area (Å²) < 4.78 is 6.44. The number of rotatable bonds is 2. The van der Waals surface area contributed by atoms with Gasteiger partial charge in [0.25, 0.3) is 0 Å². The van der Waals surface area contributed by atoms with E-state index in [9.17, 15) is 0 Å². The first-order chi connectivity index (χ1) is 9.48. The fourth-order valence-electron chi connectivity index (χ4n) is 4.01. The fraction of sp³-hybridized carbons (Fsp3) is 0.667. The second kappa shape index (κ2) is 4.85. The van der Waals surface area contributed by atoms with Crippen LogP contribution in [0.1, 0.15) is 51.7 Å². The van der Waals surface area contributed by atoms with E-state index in [4.69, 9.17) is 4.74 Å². The maximum atomic E-state index is 6.44. The molecule has 20 heavy (non-hydrogen) atoms. The van der Waals surface area contributed by atoms with Gasteiger partial charge in [0, 0.05) is 18.9 Å². The zero-order chi connectivity index (χ0) is 14.4. The molecule has 0 amide bonds. The second-order valence-electron chi connectivity index (χ2n) is 7.40. The van der Waals surface area contributed by atoms with Gasteiger partial charge in [0.15, 0.2) is 0 Å². The number of benzene rings is 1. The standard InChI is InChI=1S/C18H27NO/c1-5-8-15-16-19-12-14-10-7-6-9-13(14)11-18(15,20-16)17(2,3)4/h6-7,9-10,15-16,19H,5,8,11-12H2,1-4H3. The van der Waals surface area contributed by atoms with Gasteiger partial charge in [0.05, 0.1) is 5.60 Å². The maximum absolute atomic E-state index is 6.44. The van der Waals surface area contributed by atoms with Crippen molar-refractivity contribution in [2.75, 3.05) is 0 Å². The molecule has 2 bridgehead atoms. The van der Waals surface area contributed by atoms with Crippen LogP contribution in [0.15, 0.2) is 24.3 Å². The average Bonchev–Trinajstić information content (AvgIpc) is 2.34. The smallest absolute Gasteiger partial charge is 0.114 e. The van der Waals surface area contributed by atoms with Crippen LogP contribution in [0.2, 0.25) is 0 Å². The summed E-state index contributed by atoms with van der Waals surface area (Å²) >= 11 is 0. The Morgan fingerprint density at radius 1 is 1.25 bits per heavy atom. The van der Waals surface area contributed by atoms with E-state index < -0.39 is 0 Å². The van der Waals surface area contributed by atoms with Crippen LogP contribution >= 0.6 is 0 Å². The predicted molar refractivity (Wildman–Crippen MR) is 82.4 cm³/mol. The third kappa shape index (κ3) is 2.01. The molecule has 0 spiro atoms. The lowest BCUT2D eigenvalue weighted by Gasteiger charge is -2.62. The Morgan fingerprint density at radius 2 is 1.95 bits per heavy atom. The monoisotopic (exact) mass is 273 g/mol. The van der Waals surface area contributed by atoms with Crippen LogP contribution in [0.3, 0.4) is 0 Å². The summed E-state index contributed by atoms with van der Waals surface area (Å²) in [4.78, 5) is 0. The van der Waals surface area contributed by atoms with E-state index in [2.05, 4.69) is 57.3 Å². The molecular formula is C18H27NO. The van der Waals surface area contributed by atoms with E-state index in [1.807, 2.05) is 0 Å². The summed E-state index contributed by atoms with van der Waals surface area (Å²) in [6.07, 6.45) is 3.76. The summed E-state index contributed by atoms with van der Waals surface area (Å²) in [5.41, 5.74) is 3.03. The molecule has 3 aliphatic rings. The van der Waals surface area contributed by atoms with E-state index in [0.29, 0.717) is 5.92 Å². The van der Waals surface area contributed by atoms with Crippen molar-refractivity contribution in [1.82, 2.24) is 5.32 Å². The molecule has 2 heteroatoms. The van der Waals surface area contributed by atoms with Crippen LogP contribution in [0.4, 0.5) is 0 Å². The highest BCUT2D eigenvalue weighted by Gasteiger charge is 2.61. The molecule has 3 unspecified atom stereocenters. The van der Waals surface area contributed by atoms with Crippen molar-refractivity contribution >= 4 is 0 Å². The molecule has 1 aromatic carbocycles. The third-order valence-corrected chi connectivity index (χ3v) is 5.24. The normalized spacial score (nSPS) is 32.8. The lowest BCUT2D eigenvalue weighted by atomic mass is 9.60. The molecule has 2 nitrogen and oxygen atoms in total. The Bertz CT molecular complexity index is 490. The predicted octanol–water partition coefficient (Wildman–Crippen LogP) is 3.89. The minimum absolute atomic E-state index is 0.0167. The van der Waals surface area contributed by atoms with E-state index in [0.717, 1.165) is 13.0 Å². The van der Waals surface area contributed by atoms with E-state index in [1.165, 1.54) is 24.0 Å². The van der Waals surface area contributed by atoms with Crippen molar-refractivity contribution in [3.63, 3.8) is 0 Å². The van der Waals surface area contributed by atoms with Gasteiger partial charge in [-0.1, -0.05) is 58.4 Å². The minimum atomic E-state index is -0.0167. The lowest BCUT2D eigenvalue weighted by molar-refractivity contribution is -0.316. The fourth-order valence-corrected chi connectivity index (χ4v) is 4.01. The van der Waals surface area contributed by atoms with Gasteiger partial charge in [0.1, 0.15) is 6.23 Å². The van der Waals surface area contributed by atoms with Crippen molar-refractivity contribution < 1.29 is 4.74 Å². The number of nitrogens with one attached hydrogen (secondary N) is 1. The first kappa shape index (κ1) is 14.1. The molecule has 1 N–H and O–H groups in total. The maximum Gasteiger partial charge on any atom is 0.114 e. The zero-order valence-corrected chi connectivity index (χ0v) is 13.2. The molecule has 0 saturated carbocycles. The molecule has 110 valence electrons. The number of ether oxygens (including phenoxy) is 1. The highest BCUT2D eigenvalue weighted by atomic mass is 16.6. The summed E-state index contributed by atoms with van der Waals surface area (Å²) in [7, 11) is 0. The molecule has 1 aromatic rings. The van der Waals surface area contributed by atoms with Crippen molar-refractivity contribution in [3.8, 4) is 0 Å². The summed E-state index contributed by atoms with van der Waals surface area (Å²) in [5, 5.41) is 3.62. The molecule has 0 aliphatic carbocycles. The van der Waals surface area contributed by atoms with Gasteiger partial charge in [-0.25, -0.2) is 0 Å². The van der Waals surface area contributed by atoms with Crippen LogP contribution in [-0.2, 0) is 17.7 Å². The van der Waals surface area contributed by atoms with E-state index in [-0.39, 0.29) is 17.2 Å². The van der Waals surface area contributed by atoms with Gasteiger partial charge in [-0.05, 0) is 23.0 Å². The topological polar surface area (TPSA) is 21.3 Å². The number of hydrogen-bond donors (Lipinski definition) is 1. The van der Waals surface area contributed by atoms with E-state index in [1.54, 1.807) is 0 Å². The Balaban J connectivity index is 2.01. The molecule has 3 atom stereocenters. The zero-order valence-electron chi connectivity index (χ0n) is 13.2. The highest BCUT2D eigenvalue weighted by Crippen LogP contribution is 2.54. The average molecular weight is 273 g/mol. The van der Waals surface area contributed by atoms with Crippen LogP contribution < -0.4 is 5.32 Å². The van der Waals surface area contributed by atoms with Gasteiger partial charge in [-0.15, -0.1) is 0 Å². The molecule has 3 heterocycles. The largest absolute Gasteiger partial charge is 0.355 e. The lowest BCUT2D eigenvalue weighted by Crippen LogP contribution is -2.71. The Morgan fingerprint density at radius 3 is 2.60 bits per heavy atom. The molecule has 0 aromatic heterocycles. The van der Waals surface area contributed by atoms with Gasteiger partial charge < -0.3 is 4.74 Å². The number of hydrogen-bond acceptors (Lipinski definition) is 2. The van der Waals surface area contributed by atoms with Gasteiger partial charge in [0.2, 0.25) is 0 Å². The summed E-state index contributed by atoms with van der Waals surface area (Å²) in [6.45, 7) is 10.2. The summed E-state index contributed by atoms with van der Waals surface area (Å²) in [5.74, 6) is 0.626. The third-order valence-electron chi connectivity index (χ3n) is 5.24. The van der Waals surface area contributed by atoms with Crippen molar-refractivity contribution in [3.05, 3.63) is 35.4 Å². The van der Waals surface area contributed by atoms with Crippen LogP contribution in [0, 0.1) is 11.3 Å². The van der Waals surface area contributed by atoms with Crippen molar-refractivity contribution in [1.29, 1.82) is 0 Å². The first-order valence-electron chi connectivity index (χ1n) is 7.96. The SMILES string of the molecule is CCCC1C2NCc3ccccc3CC1(C(C)(C)C)O2. The van der Waals surface area contributed by atoms with Gasteiger partial charge in [-0.3, -0.25) is 5.32 Å². The molecule has 3 aliphatic heterocycles. The molecule has 4 rings (SSSR count). The minimum Gasteiger partial charge on any atom is -0.355 e. The van der Waals surface area contributed by atoms with Crippen LogP contribution in [-0.4, -0.2) is 11.8 Å². The Kier molecular flexibility index (Phi) is 3.42. The molecular weight excluding hydrogens is 246 g/mol. The van der Waals surface area contributed by atoms with Crippen LogP contribution in [0.5, 0.6) is 0 Å². The van der Waals surface area contributed by atoms with Gasteiger partial charge in [-0.2, -0.15) is 0 Å². The molecule has 1 saturated heterocycles. The van der Waals surface area contributed by atoms with Gasteiger partial charge >= 0.3 is 0 Å².